The monoisotopic (exact) mass is 347 g/mol. The molecule has 2 aromatic carbocycles. The molecule has 26 heavy (non-hydrogen) atoms. The Labute approximate surface area is 149 Å². The zero-order valence-electron chi connectivity index (χ0n) is 14.2. The molecule has 1 N–H and O–H groups in total. The summed E-state index contributed by atoms with van der Waals surface area (Å²) < 4.78 is 7.19. The molecule has 0 aliphatic rings. The van der Waals surface area contributed by atoms with E-state index in [1.165, 1.54) is 0 Å². The van der Waals surface area contributed by atoms with E-state index in [1.807, 2.05) is 60.0 Å². The van der Waals surface area contributed by atoms with Crippen molar-refractivity contribution in [1.82, 2.24) is 19.9 Å². The molecule has 0 saturated carbocycles. The van der Waals surface area contributed by atoms with Crippen molar-refractivity contribution in [1.29, 1.82) is 0 Å². The van der Waals surface area contributed by atoms with Crippen LogP contribution in [0.5, 0.6) is 0 Å². The second-order valence-corrected chi connectivity index (χ2v) is 5.87. The van der Waals surface area contributed by atoms with E-state index in [2.05, 4.69) is 20.7 Å². The second kappa shape index (κ2) is 6.79. The minimum atomic E-state index is -0.154. The summed E-state index contributed by atoms with van der Waals surface area (Å²) >= 11 is 0. The van der Waals surface area contributed by atoms with Crippen molar-refractivity contribution in [2.75, 3.05) is 5.32 Å². The molecular weight excluding hydrogens is 330 g/mol. The maximum Gasteiger partial charge on any atom is 0.230 e. The third-order valence-corrected chi connectivity index (χ3v) is 4.14. The summed E-state index contributed by atoms with van der Waals surface area (Å²) in [6.45, 7) is 2.80. The number of benzene rings is 2. The molecule has 0 bridgehead atoms. The minimum Gasteiger partial charge on any atom is -0.356 e. The van der Waals surface area contributed by atoms with Gasteiger partial charge in [0.1, 0.15) is 12.0 Å². The van der Waals surface area contributed by atoms with Crippen LogP contribution in [0.2, 0.25) is 0 Å². The van der Waals surface area contributed by atoms with E-state index in [0.717, 1.165) is 23.3 Å². The number of carbonyl (C=O) groups is 1. The number of aryl methyl sites for hydroxylation is 1. The van der Waals surface area contributed by atoms with Gasteiger partial charge in [-0.25, -0.2) is 0 Å². The molecule has 0 unspecified atom stereocenters. The van der Waals surface area contributed by atoms with Crippen molar-refractivity contribution < 1.29 is 9.32 Å². The molecule has 2 heterocycles. The van der Waals surface area contributed by atoms with E-state index in [4.69, 9.17) is 4.52 Å². The largest absolute Gasteiger partial charge is 0.356 e. The number of rotatable bonds is 5. The minimum absolute atomic E-state index is 0.145. The van der Waals surface area contributed by atoms with Crippen LogP contribution in [0.15, 0.2) is 59.4 Å². The number of amides is 1. The summed E-state index contributed by atoms with van der Waals surface area (Å²) in [5.74, 6) is 0.615. The summed E-state index contributed by atoms with van der Waals surface area (Å²) in [5, 5.41) is 15.9. The van der Waals surface area contributed by atoms with Gasteiger partial charge in [0, 0.05) is 23.2 Å². The van der Waals surface area contributed by atoms with Gasteiger partial charge in [-0.3, -0.25) is 4.79 Å². The molecule has 0 saturated heterocycles. The van der Waals surface area contributed by atoms with E-state index in [0.29, 0.717) is 17.0 Å². The first-order valence-corrected chi connectivity index (χ1v) is 8.36. The lowest BCUT2D eigenvalue weighted by molar-refractivity contribution is -0.115. The predicted molar refractivity (Wildman–Crippen MR) is 97.5 cm³/mol. The number of fused-ring (bicyclic) bond motifs is 1. The molecule has 0 radical (unpaired) electrons. The molecule has 0 aliphatic carbocycles. The lowest BCUT2D eigenvalue weighted by Gasteiger charge is -2.07. The smallest absolute Gasteiger partial charge is 0.230 e. The number of nitrogens with one attached hydrogen (secondary N) is 1. The highest BCUT2D eigenvalue weighted by atomic mass is 16.5. The quantitative estimate of drug-likeness (QED) is 0.599. The van der Waals surface area contributed by atoms with Gasteiger partial charge < -0.3 is 14.4 Å². The highest BCUT2D eigenvalue weighted by Gasteiger charge is 2.13. The van der Waals surface area contributed by atoms with Crippen LogP contribution in [-0.4, -0.2) is 25.8 Å². The Morgan fingerprint density at radius 1 is 1.19 bits per heavy atom. The summed E-state index contributed by atoms with van der Waals surface area (Å²) in [5.41, 5.74) is 2.90. The highest BCUT2D eigenvalue weighted by Crippen LogP contribution is 2.22. The van der Waals surface area contributed by atoms with E-state index in [-0.39, 0.29) is 12.3 Å². The first-order valence-electron chi connectivity index (χ1n) is 8.36. The Balaban J connectivity index is 1.52. The maximum absolute atomic E-state index is 12.4. The van der Waals surface area contributed by atoms with Gasteiger partial charge in [-0.2, -0.15) is 0 Å². The predicted octanol–water partition coefficient (Wildman–Crippen LogP) is 3.29. The molecule has 2 aromatic heterocycles. The maximum atomic E-state index is 12.4. The van der Waals surface area contributed by atoms with Crippen LogP contribution in [0.1, 0.15) is 12.6 Å². The first-order chi connectivity index (χ1) is 12.7. The van der Waals surface area contributed by atoms with Crippen LogP contribution < -0.4 is 5.32 Å². The van der Waals surface area contributed by atoms with E-state index in [1.54, 1.807) is 6.33 Å². The molecule has 0 spiro atoms. The van der Waals surface area contributed by atoms with E-state index in [9.17, 15) is 4.79 Å². The Morgan fingerprint density at radius 2 is 2.08 bits per heavy atom. The lowest BCUT2D eigenvalue weighted by Crippen LogP contribution is -2.14. The molecular formula is C19H17N5O2. The van der Waals surface area contributed by atoms with Gasteiger partial charge in [0.2, 0.25) is 5.91 Å². The number of carbonyl (C=O) groups excluding carboxylic acids is 1. The third kappa shape index (κ3) is 3.06. The number of hydrogen-bond acceptors (Lipinski definition) is 5. The number of para-hydroxylation sites is 1. The fraction of sp³-hybridized carbons (Fsp3) is 0.158. The Bertz CT molecular complexity index is 1070. The summed E-state index contributed by atoms with van der Waals surface area (Å²) in [7, 11) is 0. The van der Waals surface area contributed by atoms with Crippen molar-refractivity contribution in [2.45, 2.75) is 19.9 Å². The molecule has 0 aliphatic heterocycles. The zero-order chi connectivity index (χ0) is 17.9. The van der Waals surface area contributed by atoms with Crippen LogP contribution in [0.25, 0.3) is 22.4 Å². The molecule has 4 aromatic rings. The van der Waals surface area contributed by atoms with E-state index >= 15 is 0 Å². The fourth-order valence-corrected chi connectivity index (χ4v) is 2.87. The van der Waals surface area contributed by atoms with Gasteiger partial charge in [-0.1, -0.05) is 29.4 Å². The number of anilines is 1. The van der Waals surface area contributed by atoms with Crippen molar-refractivity contribution in [3.8, 4) is 11.4 Å². The molecule has 0 fully saturated rings. The SMILES string of the molecule is CCn1cnnc1-c1cccc(NC(=O)Cc2noc3ccccc23)c1. The molecule has 0 atom stereocenters. The second-order valence-electron chi connectivity index (χ2n) is 5.87. The topological polar surface area (TPSA) is 85.8 Å². The third-order valence-electron chi connectivity index (χ3n) is 4.14. The highest BCUT2D eigenvalue weighted by molar-refractivity contribution is 5.95. The van der Waals surface area contributed by atoms with Crippen molar-refractivity contribution in [3.63, 3.8) is 0 Å². The molecule has 1 amide bonds. The van der Waals surface area contributed by atoms with Crippen LogP contribution in [0, 0.1) is 0 Å². The summed E-state index contributed by atoms with van der Waals surface area (Å²) in [6, 6.07) is 15.0. The van der Waals surface area contributed by atoms with Gasteiger partial charge in [0.25, 0.3) is 0 Å². The van der Waals surface area contributed by atoms with Crippen molar-refractivity contribution in [2.24, 2.45) is 0 Å². The fourth-order valence-electron chi connectivity index (χ4n) is 2.87. The van der Waals surface area contributed by atoms with Gasteiger partial charge in [-0.15, -0.1) is 10.2 Å². The van der Waals surface area contributed by atoms with Gasteiger partial charge in [0.15, 0.2) is 11.4 Å². The standard InChI is InChI=1S/C19H17N5O2/c1-2-24-12-20-22-19(24)13-6-5-7-14(10-13)21-18(25)11-16-15-8-3-4-9-17(15)26-23-16/h3-10,12H,2,11H2,1H3,(H,21,25). The lowest BCUT2D eigenvalue weighted by atomic mass is 10.1. The molecule has 4 rings (SSSR count). The Hall–Kier alpha value is -3.48. The average molecular weight is 347 g/mol. The zero-order valence-corrected chi connectivity index (χ0v) is 14.2. The molecule has 7 nitrogen and oxygen atoms in total. The van der Waals surface area contributed by atoms with Crippen molar-refractivity contribution in [3.05, 3.63) is 60.6 Å². The molecule has 130 valence electrons. The number of aromatic nitrogens is 4. The number of hydrogen-bond donors (Lipinski definition) is 1. The van der Waals surface area contributed by atoms with Crippen molar-refractivity contribution >= 4 is 22.6 Å². The first kappa shape index (κ1) is 16.0. The van der Waals surface area contributed by atoms with E-state index < -0.39 is 0 Å². The summed E-state index contributed by atoms with van der Waals surface area (Å²) in [6.07, 6.45) is 1.84. The Kier molecular flexibility index (Phi) is 4.18. The number of nitrogens with zero attached hydrogens (tertiary/aromatic N) is 4. The van der Waals surface area contributed by atoms with Crippen LogP contribution in [0.4, 0.5) is 5.69 Å². The van der Waals surface area contributed by atoms with Crippen LogP contribution in [-0.2, 0) is 17.8 Å². The molecule has 7 heteroatoms. The Morgan fingerprint density at radius 3 is 2.96 bits per heavy atom. The van der Waals surface area contributed by atoms with Gasteiger partial charge in [-0.05, 0) is 31.2 Å². The van der Waals surface area contributed by atoms with Gasteiger partial charge in [0.05, 0.1) is 6.42 Å². The van der Waals surface area contributed by atoms with Crippen LogP contribution in [0.3, 0.4) is 0 Å². The average Bonchev–Trinajstić information content (AvgIpc) is 3.29. The normalized spacial score (nSPS) is 11.0. The van der Waals surface area contributed by atoms with Gasteiger partial charge >= 0.3 is 0 Å². The van der Waals surface area contributed by atoms with Crippen LogP contribution >= 0.6 is 0 Å². The summed E-state index contributed by atoms with van der Waals surface area (Å²) in [4.78, 5) is 12.4.